The number of nitrogens with one attached hydrogen (secondary N) is 1. The molecule has 0 bridgehead atoms. The van der Waals surface area contributed by atoms with Gasteiger partial charge in [-0.2, -0.15) is 0 Å². The van der Waals surface area contributed by atoms with Gasteiger partial charge in [-0.3, -0.25) is 4.79 Å². The number of aliphatic hydroxyl groups is 2. The summed E-state index contributed by atoms with van der Waals surface area (Å²) < 4.78 is 0. The van der Waals surface area contributed by atoms with Crippen molar-refractivity contribution in [3.05, 3.63) is 24.3 Å². The maximum atomic E-state index is 12.4. The van der Waals surface area contributed by atoms with Crippen LogP contribution >= 0.6 is 0 Å². The van der Waals surface area contributed by atoms with Gasteiger partial charge in [0.2, 0.25) is 5.91 Å². The summed E-state index contributed by atoms with van der Waals surface area (Å²) in [6.45, 7) is 4.32. The molecule has 332 valence electrons. The van der Waals surface area contributed by atoms with Crippen LogP contribution in [0, 0.1) is 0 Å². The third-order valence-corrected chi connectivity index (χ3v) is 11.9. The molecule has 56 heavy (non-hydrogen) atoms. The van der Waals surface area contributed by atoms with Crippen molar-refractivity contribution in [2.24, 2.45) is 0 Å². The molecule has 0 saturated heterocycles. The summed E-state index contributed by atoms with van der Waals surface area (Å²) in [5.74, 6) is -0.0681. The highest BCUT2D eigenvalue weighted by atomic mass is 16.3. The summed E-state index contributed by atoms with van der Waals surface area (Å²) in [4.78, 5) is 12.4. The average Bonchev–Trinajstić information content (AvgIpc) is 3.20. The van der Waals surface area contributed by atoms with Crippen LogP contribution in [0.5, 0.6) is 0 Å². The maximum absolute atomic E-state index is 12.4. The van der Waals surface area contributed by atoms with Gasteiger partial charge >= 0.3 is 0 Å². The third-order valence-electron chi connectivity index (χ3n) is 11.9. The quantitative estimate of drug-likeness (QED) is 0.0425. The molecule has 0 aromatic rings. The smallest absolute Gasteiger partial charge is 0.220 e. The van der Waals surface area contributed by atoms with Gasteiger partial charge in [0.15, 0.2) is 0 Å². The second kappa shape index (κ2) is 48.2. The lowest BCUT2D eigenvalue weighted by atomic mass is 10.0. The Morgan fingerprint density at radius 3 is 1.04 bits per heavy atom. The fraction of sp³-hybridized carbons (Fsp3) is 0.904. The molecule has 0 saturated carbocycles. The van der Waals surface area contributed by atoms with Crippen LogP contribution in [-0.4, -0.2) is 34.9 Å². The van der Waals surface area contributed by atoms with Gasteiger partial charge in [0, 0.05) is 6.42 Å². The molecule has 0 aliphatic carbocycles. The fourth-order valence-corrected chi connectivity index (χ4v) is 8.02. The van der Waals surface area contributed by atoms with Crippen LogP contribution in [0.25, 0.3) is 0 Å². The summed E-state index contributed by atoms with van der Waals surface area (Å²) in [5, 5.41) is 23.1. The van der Waals surface area contributed by atoms with Crippen LogP contribution in [0.2, 0.25) is 0 Å². The molecule has 0 fully saturated rings. The molecule has 4 heteroatoms. The Hall–Kier alpha value is -1.13. The number of hydrogen-bond donors (Lipinski definition) is 3. The lowest BCUT2D eigenvalue weighted by Gasteiger charge is -2.19. The number of unbranched alkanes of at least 4 members (excludes halogenated alkanes) is 38. The number of aliphatic hydroxyl groups excluding tert-OH is 2. The zero-order chi connectivity index (χ0) is 40.7. The van der Waals surface area contributed by atoms with Crippen molar-refractivity contribution >= 4 is 5.91 Å². The van der Waals surface area contributed by atoms with Crippen LogP contribution in [0.3, 0.4) is 0 Å². The van der Waals surface area contributed by atoms with Crippen molar-refractivity contribution in [3.63, 3.8) is 0 Å². The van der Waals surface area contributed by atoms with Crippen molar-refractivity contribution in [1.29, 1.82) is 0 Å². The molecule has 0 heterocycles. The van der Waals surface area contributed by atoms with E-state index >= 15 is 0 Å². The Bertz CT molecular complexity index is 810. The van der Waals surface area contributed by atoms with Crippen molar-refractivity contribution < 1.29 is 15.0 Å². The number of carbonyl (C=O) groups excluding carboxylic acids is 1. The van der Waals surface area contributed by atoms with Gasteiger partial charge in [0.1, 0.15) is 0 Å². The summed E-state index contributed by atoms with van der Waals surface area (Å²) in [6, 6.07) is -0.635. The zero-order valence-corrected chi connectivity index (χ0v) is 38.2. The van der Waals surface area contributed by atoms with Crippen LogP contribution in [0.4, 0.5) is 0 Å². The molecule has 1 amide bonds. The number of hydrogen-bond acceptors (Lipinski definition) is 3. The van der Waals surface area contributed by atoms with Gasteiger partial charge < -0.3 is 15.5 Å². The second-order valence-corrected chi connectivity index (χ2v) is 17.6. The first kappa shape index (κ1) is 54.9. The minimum Gasteiger partial charge on any atom is -0.394 e. The monoisotopic (exact) mass is 788 g/mol. The lowest BCUT2D eigenvalue weighted by Crippen LogP contribution is -2.45. The number of carbonyl (C=O) groups is 1. The minimum absolute atomic E-state index is 0.0681. The van der Waals surface area contributed by atoms with Gasteiger partial charge in [-0.25, -0.2) is 0 Å². The number of amides is 1. The molecule has 3 N–H and O–H groups in total. The molecule has 0 aliphatic heterocycles. The fourth-order valence-electron chi connectivity index (χ4n) is 8.02. The summed E-state index contributed by atoms with van der Waals surface area (Å²) in [6.07, 6.45) is 63.2. The van der Waals surface area contributed by atoms with E-state index in [1.807, 2.05) is 6.08 Å². The Morgan fingerprint density at radius 2 is 0.696 bits per heavy atom. The minimum atomic E-state index is -0.858. The van der Waals surface area contributed by atoms with Gasteiger partial charge in [-0.1, -0.05) is 269 Å². The molecular formula is C52H101NO3. The van der Waals surface area contributed by atoms with Gasteiger partial charge in [0.25, 0.3) is 0 Å². The Morgan fingerprint density at radius 1 is 0.411 bits per heavy atom. The predicted octanol–water partition coefficient (Wildman–Crippen LogP) is 16.4. The van der Waals surface area contributed by atoms with Crippen molar-refractivity contribution in [2.45, 2.75) is 296 Å². The van der Waals surface area contributed by atoms with Gasteiger partial charge in [-0.05, 0) is 32.1 Å². The van der Waals surface area contributed by atoms with E-state index in [0.29, 0.717) is 6.42 Å². The predicted molar refractivity (Wildman–Crippen MR) is 249 cm³/mol. The van der Waals surface area contributed by atoms with E-state index < -0.39 is 12.1 Å². The lowest BCUT2D eigenvalue weighted by molar-refractivity contribution is -0.123. The highest BCUT2D eigenvalue weighted by Gasteiger charge is 2.17. The molecular weight excluding hydrogens is 687 g/mol. The first-order chi connectivity index (χ1) is 27.7. The van der Waals surface area contributed by atoms with Crippen molar-refractivity contribution in [3.8, 4) is 0 Å². The summed E-state index contributed by atoms with van der Waals surface area (Å²) in [7, 11) is 0. The highest BCUT2D eigenvalue weighted by molar-refractivity contribution is 5.76. The topological polar surface area (TPSA) is 69.6 Å². The Balaban J connectivity index is 3.48. The molecule has 0 spiro atoms. The standard InChI is InChI=1S/C52H101NO3/c1-3-5-7-9-11-13-15-17-19-21-22-23-24-25-26-27-28-29-30-32-34-36-38-40-42-44-46-48-52(56)53-50(49-54)51(55)47-45-43-41-39-37-35-33-31-20-18-16-14-12-10-8-6-4-2/h37,39,45,47,50-51,54-55H,3-36,38,40-44,46,48-49H2,1-2H3,(H,53,56)/b39-37+,47-45+. The molecule has 0 aliphatic rings. The summed E-state index contributed by atoms with van der Waals surface area (Å²) >= 11 is 0. The van der Waals surface area contributed by atoms with E-state index in [1.165, 1.54) is 231 Å². The van der Waals surface area contributed by atoms with Crippen LogP contribution in [0.15, 0.2) is 24.3 Å². The number of rotatable bonds is 47. The van der Waals surface area contributed by atoms with Gasteiger partial charge in [0.05, 0.1) is 18.8 Å². The van der Waals surface area contributed by atoms with Gasteiger partial charge in [-0.15, -0.1) is 0 Å². The summed E-state index contributed by atoms with van der Waals surface area (Å²) in [5.41, 5.74) is 0. The van der Waals surface area contributed by atoms with Crippen LogP contribution in [-0.2, 0) is 4.79 Å². The van der Waals surface area contributed by atoms with Crippen LogP contribution in [0.1, 0.15) is 284 Å². The maximum Gasteiger partial charge on any atom is 0.220 e. The molecule has 0 radical (unpaired) electrons. The zero-order valence-electron chi connectivity index (χ0n) is 38.2. The largest absolute Gasteiger partial charge is 0.394 e. The molecule has 4 nitrogen and oxygen atoms in total. The third kappa shape index (κ3) is 44.0. The molecule has 0 rings (SSSR count). The van der Waals surface area contributed by atoms with E-state index in [1.54, 1.807) is 6.08 Å². The first-order valence-electron chi connectivity index (χ1n) is 25.6. The molecule has 0 aromatic carbocycles. The number of allylic oxidation sites excluding steroid dienone is 3. The normalized spacial score (nSPS) is 13.0. The molecule has 0 aromatic heterocycles. The van der Waals surface area contributed by atoms with E-state index in [-0.39, 0.29) is 12.5 Å². The van der Waals surface area contributed by atoms with Crippen LogP contribution < -0.4 is 5.32 Å². The second-order valence-electron chi connectivity index (χ2n) is 17.6. The Kier molecular flexibility index (Phi) is 47.3. The van der Waals surface area contributed by atoms with E-state index in [2.05, 4.69) is 31.3 Å². The molecule has 2 atom stereocenters. The van der Waals surface area contributed by atoms with Crippen molar-refractivity contribution in [1.82, 2.24) is 5.32 Å². The highest BCUT2D eigenvalue weighted by Crippen LogP contribution is 2.17. The van der Waals surface area contributed by atoms with E-state index in [9.17, 15) is 15.0 Å². The van der Waals surface area contributed by atoms with E-state index in [0.717, 1.165) is 32.1 Å². The van der Waals surface area contributed by atoms with E-state index in [4.69, 9.17) is 0 Å². The SMILES string of the molecule is CCCCCCCCCCCCC/C=C/CC/C=C/C(O)C(CO)NC(=O)CCCCCCCCCCCCCCCCCCCCCCCCCCCCC. The average molecular weight is 788 g/mol. The van der Waals surface area contributed by atoms with Crippen molar-refractivity contribution in [2.75, 3.05) is 6.61 Å². The molecule has 2 unspecified atom stereocenters. The first-order valence-corrected chi connectivity index (χ1v) is 25.6. The Labute approximate surface area is 351 Å².